The minimum Gasteiger partial charge on any atom is -0.481 e. The van der Waals surface area contributed by atoms with E-state index in [1.165, 1.54) is 0 Å². The van der Waals surface area contributed by atoms with Crippen LogP contribution in [0, 0.1) is 0 Å². The molecule has 0 spiro atoms. The van der Waals surface area contributed by atoms with E-state index in [4.69, 9.17) is 4.74 Å². The smallest absolute Gasteiger partial charge is 0.215 e. The van der Waals surface area contributed by atoms with Crippen LogP contribution in [-0.2, 0) is 0 Å². The summed E-state index contributed by atoms with van der Waals surface area (Å²) in [6, 6.07) is 11.7. The van der Waals surface area contributed by atoms with Crippen LogP contribution < -0.4 is 4.74 Å². The van der Waals surface area contributed by atoms with E-state index in [0.717, 1.165) is 21.4 Å². The Bertz CT molecular complexity index is 708. The second kappa shape index (κ2) is 4.42. The maximum atomic E-state index is 5.08. The molecule has 2 aromatic heterocycles. The quantitative estimate of drug-likeness (QED) is 0.789. The zero-order valence-corrected chi connectivity index (χ0v) is 11.2. The number of fused-ring (bicyclic) bond motifs is 1. The lowest BCUT2D eigenvalue weighted by Crippen LogP contribution is -1.86. The molecule has 90 valence electrons. The van der Waals surface area contributed by atoms with Gasteiger partial charge in [-0.05, 0) is 18.2 Å². The van der Waals surface area contributed by atoms with Crippen LogP contribution in [-0.4, -0.2) is 22.1 Å². The highest BCUT2D eigenvalue weighted by Gasteiger charge is 2.07. The molecule has 0 radical (unpaired) electrons. The summed E-state index contributed by atoms with van der Waals surface area (Å²) in [5.41, 5.74) is 2.57. The number of ether oxygens (including phenoxy) is 1. The van der Waals surface area contributed by atoms with Gasteiger partial charge in [-0.1, -0.05) is 28.1 Å². The molecular weight excluding hydrogens is 294 g/mol. The molecule has 3 aromatic rings. The van der Waals surface area contributed by atoms with Gasteiger partial charge in [-0.15, -0.1) is 0 Å². The number of H-pyrrole nitrogens is 1. The molecule has 0 unspecified atom stereocenters. The second-order valence-electron chi connectivity index (χ2n) is 3.82. The van der Waals surface area contributed by atoms with Crippen LogP contribution in [0.4, 0.5) is 0 Å². The van der Waals surface area contributed by atoms with Gasteiger partial charge in [0.25, 0.3) is 0 Å². The normalized spacial score (nSPS) is 10.8. The summed E-state index contributed by atoms with van der Waals surface area (Å²) in [6.07, 6.45) is 0. The van der Waals surface area contributed by atoms with E-state index in [1.807, 2.05) is 36.4 Å². The molecule has 18 heavy (non-hydrogen) atoms. The zero-order valence-electron chi connectivity index (χ0n) is 9.64. The highest BCUT2D eigenvalue weighted by Crippen LogP contribution is 2.23. The Morgan fingerprint density at radius 1 is 1.17 bits per heavy atom. The number of rotatable bonds is 2. The first-order valence-electron chi connectivity index (χ1n) is 5.43. The second-order valence-corrected chi connectivity index (χ2v) is 4.74. The molecule has 0 amide bonds. The fourth-order valence-electron chi connectivity index (χ4n) is 1.76. The van der Waals surface area contributed by atoms with Crippen molar-refractivity contribution in [2.75, 3.05) is 7.11 Å². The summed E-state index contributed by atoms with van der Waals surface area (Å²) >= 11 is 3.45. The van der Waals surface area contributed by atoms with Gasteiger partial charge in [0.15, 0.2) is 5.65 Å². The van der Waals surface area contributed by atoms with Crippen molar-refractivity contribution < 1.29 is 4.74 Å². The Morgan fingerprint density at radius 2 is 2.06 bits per heavy atom. The fourth-order valence-corrected chi connectivity index (χ4v) is 2.16. The lowest BCUT2D eigenvalue weighted by molar-refractivity contribution is 0.399. The van der Waals surface area contributed by atoms with E-state index in [-0.39, 0.29) is 0 Å². The number of hydrogen-bond donors (Lipinski definition) is 1. The first-order valence-corrected chi connectivity index (χ1v) is 6.22. The summed E-state index contributed by atoms with van der Waals surface area (Å²) in [7, 11) is 1.59. The fraction of sp³-hybridized carbons (Fsp3) is 0.0769. The Labute approximate surface area is 112 Å². The maximum Gasteiger partial charge on any atom is 0.215 e. The van der Waals surface area contributed by atoms with Crippen LogP contribution in [0.5, 0.6) is 5.88 Å². The summed E-state index contributed by atoms with van der Waals surface area (Å²) < 4.78 is 6.10. The third kappa shape index (κ3) is 1.97. The molecule has 2 heterocycles. The highest BCUT2D eigenvalue weighted by atomic mass is 79.9. The number of hydrogen-bond acceptors (Lipinski definition) is 3. The van der Waals surface area contributed by atoms with Crippen molar-refractivity contribution in [3.05, 3.63) is 40.9 Å². The molecule has 3 rings (SSSR count). The predicted molar refractivity (Wildman–Crippen MR) is 73.6 cm³/mol. The maximum absolute atomic E-state index is 5.08. The number of pyridine rings is 1. The molecule has 0 saturated heterocycles. The van der Waals surface area contributed by atoms with Gasteiger partial charge in [-0.25, -0.2) is 4.98 Å². The van der Waals surface area contributed by atoms with Crippen molar-refractivity contribution in [1.82, 2.24) is 15.0 Å². The van der Waals surface area contributed by atoms with Crippen LogP contribution in [0.2, 0.25) is 0 Å². The van der Waals surface area contributed by atoms with Gasteiger partial charge >= 0.3 is 0 Å². The Morgan fingerprint density at radius 3 is 2.83 bits per heavy atom. The van der Waals surface area contributed by atoms with E-state index in [9.17, 15) is 0 Å². The van der Waals surface area contributed by atoms with Gasteiger partial charge in [0, 0.05) is 16.1 Å². The molecule has 1 aromatic carbocycles. The van der Waals surface area contributed by atoms with Crippen molar-refractivity contribution in [3.63, 3.8) is 0 Å². The largest absolute Gasteiger partial charge is 0.481 e. The van der Waals surface area contributed by atoms with Crippen LogP contribution in [0.1, 0.15) is 0 Å². The topological polar surface area (TPSA) is 50.8 Å². The molecule has 0 aliphatic rings. The van der Waals surface area contributed by atoms with E-state index >= 15 is 0 Å². The monoisotopic (exact) mass is 303 g/mol. The highest BCUT2D eigenvalue weighted by molar-refractivity contribution is 9.10. The predicted octanol–water partition coefficient (Wildman–Crippen LogP) is 3.40. The standard InChI is InChI=1S/C13H10BrN3O/c1-18-11-6-5-10-13(16-11)17-12(15-10)8-3-2-4-9(14)7-8/h2-7H,1H3,(H,15,16,17). The molecular formula is C13H10BrN3O. The number of methoxy groups -OCH3 is 1. The lowest BCUT2D eigenvalue weighted by atomic mass is 10.2. The molecule has 0 aliphatic heterocycles. The average molecular weight is 304 g/mol. The van der Waals surface area contributed by atoms with E-state index < -0.39 is 0 Å². The van der Waals surface area contributed by atoms with Crippen molar-refractivity contribution in [3.8, 4) is 17.3 Å². The van der Waals surface area contributed by atoms with Crippen molar-refractivity contribution in [2.45, 2.75) is 0 Å². The first kappa shape index (κ1) is 11.2. The first-order chi connectivity index (χ1) is 8.76. The van der Waals surface area contributed by atoms with Crippen LogP contribution in [0.15, 0.2) is 40.9 Å². The number of nitrogens with zero attached hydrogens (tertiary/aromatic N) is 2. The van der Waals surface area contributed by atoms with Crippen molar-refractivity contribution in [2.24, 2.45) is 0 Å². The molecule has 4 nitrogen and oxygen atoms in total. The summed E-state index contributed by atoms with van der Waals surface area (Å²) in [6.45, 7) is 0. The molecule has 0 bridgehead atoms. The number of imidazole rings is 1. The van der Waals surface area contributed by atoms with Gasteiger partial charge in [0.05, 0.1) is 12.6 Å². The third-order valence-corrected chi connectivity index (χ3v) is 3.12. The number of benzene rings is 1. The molecule has 0 atom stereocenters. The molecule has 1 N–H and O–H groups in total. The van der Waals surface area contributed by atoms with Crippen molar-refractivity contribution >= 4 is 27.1 Å². The average Bonchev–Trinajstić information content (AvgIpc) is 2.81. The Hall–Kier alpha value is -1.88. The van der Waals surface area contributed by atoms with Gasteiger partial charge in [-0.3, -0.25) is 0 Å². The molecule has 0 saturated carbocycles. The van der Waals surface area contributed by atoms with Crippen LogP contribution in [0.25, 0.3) is 22.6 Å². The SMILES string of the molecule is COc1ccc2[nH]c(-c3cccc(Br)c3)nc2n1. The van der Waals surface area contributed by atoms with Crippen LogP contribution in [0.3, 0.4) is 0 Å². The Balaban J connectivity index is 2.13. The summed E-state index contributed by atoms with van der Waals surface area (Å²) in [5.74, 6) is 1.36. The van der Waals surface area contributed by atoms with Crippen molar-refractivity contribution in [1.29, 1.82) is 0 Å². The van der Waals surface area contributed by atoms with Gasteiger partial charge in [0.1, 0.15) is 5.82 Å². The summed E-state index contributed by atoms with van der Waals surface area (Å²) in [4.78, 5) is 12.0. The number of halogens is 1. The lowest BCUT2D eigenvalue weighted by Gasteiger charge is -1.96. The zero-order chi connectivity index (χ0) is 12.5. The number of aromatic amines is 1. The van der Waals surface area contributed by atoms with E-state index in [1.54, 1.807) is 7.11 Å². The number of aromatic nitrogens is 3. The number of nitrogens with one attached hydrogen (secondary N) is 1. The Kier molecular flexibility index (Phi) is 2.76. The van der Waals surface area contributed by atoms with Gasteiger partial charge in [-0.2, -0.15) is 4.98 Å². The molecule has 0 aliphatic carbocycles. The van der Waals surface area contributed by atoms with E-state index in [2.05, 4.69) is 30.9 Å². The molecule has 0 fully saturated rings. The van der Waals surface area contributed by atoms with E-state index in [0.29, 0.717) is 11.5 Å². The van der Waals surface area contributed by atoms with Gasteiger partial charge in [0.2, 0.25) is 5.88 Å². The molecule has 5 heteroatoms. The third-order valence-electron chi connectivity index (χ3n) is 2.63. The van der Waals surface area contributed by atoms with Gasteiger partial charge < -0.3 is 9.72 Å². The minimum absolute atomic E-state index is 0.565. The minimum atomic E-state index is 0.565. The van der Waals surface area contributed by atoms with Crippen LogP contribution >= 0.6 is 15.9 Å². The summed E-state index contributed by atoms with van der Waals surface area (Å²) in [5, 5.41) is 0.